The molecule has 3 nitrogen and oxygen atoms in total. The third-order valence-corrected chi connectivity index (χ3v) is 3.11. The van der Waals surface area contributed by atoms with Crippen LogP contribution in [0.15, 0.2) is 41.1 Å². The number of nitrogens with one attached hydrogen (secondary N) is 1. The molecule has 0 unspecified atom stereocenters. The van der Waals surface area contributed by atoms with Crippen LogP contribution in [0.3, 0.4) is 0 Å². The molecule has 0 aliphatic carbocycles. The maximum Gasteiger partial charge on any atom is 0.0577 e. The number of nitrogens with two attached hydrogens (primary N) is 1. The first-order valence-corrected chi connectivity index (χ1v) is 6.14. The molecular weight excluding hydrogens is 278 g/mol. The largest absolute Gasteiger partial charge is 0.397 e. The van der Waals surface area contributed by atoms with Crippen LogP contribution in [0.25, 0.3) is 0 Å². The Bertz CT molecular complexity index is 526. The van der Waals surface area contributed by atoms with Crippen molar-refractivity contribution in [2.45, 2.75) is 13.5 Å². The van der Waals surface area contributed by atoms with Crippen molar-refractivity contribution in [1.82, 2.24) is 4.98 Å². The minimum atomic E-state index is 0.742. The Morgan fingerprint density at radius 2 is 2.18 bits per heavy atom. The average molecular weight is 292 g/mol. The monoisotopic (exact) mass is 291 g/mol. The molecule has 2 rings (SSSR count). The van der Waals surface area contributed by atoms with Crippen molar-refractivity contribution in [2.24, 2.45) is 0 Å². The lowest BCUT2D eigenvalue weighted by Crippen LogP contribution is -2.03. The fourth-order valence-corrected chi connectivity index (χ4v) is 1.96. The number of nitrogen functional groups attached to an aromatic ring is 1. The predicted octanol–water partition coefficient (Wildman–Crippen LogP) is 3.35. The van der Waals surface area contributed by atoms with E-state index in [0.717, 1.165) is 22.4 Å². The van der Waals surface area contributed by atoms with Gasteiger partial charge >= 0.3 is 0 Å². The SMILES string of the molecule is Cc1cnccc1CNc1ccc(Br)cc1N. The molecule has 3 N–H and O–H groups in total. The van der Waals surface area contributed by atoms with Crippen LogP contribution in [0.5, 0.6) is 0 Å². The van der Waals surface area contributed by atoms with E-state index < -0.39 is 0 Å². The predicted molar refractivity (Wildman–Crippen MR) is 74.9 cm³/mol. The number of halogens is 1. The molecule has 1 aromatic carbocycles. The topological polar surface area (TPSA) is 50.9 Å². The zero-order valence-corrected chi connectivity index (χ0v) is 11.2. The number of aromatic nitrogens is 1. The molecule has 0 bridgehead atoms. The standard InChI is InChI=1S/C13H14BrN3/c1-9-7-16-5-4-10(9)8-17-13-3-2-11(14)6-12(13)15/h2-7,17H,8,15H2,1H3. The number of pyridine rings is 1. The molecular formula is C13H14BrN3. The number of rotatable bonds is 3. The van der Waals surface area contributed by atoms with Crippen molar-refractivity contribution < 1.29 is 0 Å². The van der Waals surface area contributed by atoms with Gasteiger partial charge < -0.3 is 11.1 Å². The third kappa shape index (κ3) is 2.97. The summed E-state index contributed by atoms with van der Waals surface area (Å²) in [6.07, 6.45) is 3.66. The van der Waals surface area contributed by atoms with E-state index in [-0.39, 0.29) is 0 Å². The molecule has 0 aliphatic rings. The van der Waals surface area contributed by atoms with Gasteiger partial charge in [-0.25, -0.2) is 0 Å². The Kier molecular flexibility index (Phi) is 3.64. The summed E-state index contributed by atoms with van der Waals surface area (Å²) in [5.41, 5.74) is 10.0. The van der Waals surface area contributed by atoms with Crippen molar-refractivity contribution >= 4 is 27.3 Å². The van der Waals surface area contributed by atoms with E-state index in [1.54, 1.807) is 6.20 Å². The first-order chi connectivity index (χ1) is 8.16. The molecule has 0 saturated carbocycles. The summed E-state index contributed by atoms with van der Waals surface area (Å²) in [6, 6.07) is 7.84. The maximum absolute atomic E-state index is 5.92. The van der Waals surface area contributed by atoms with Crippen molar-refractivity contribution in [3.05, 3.63) is 52.3 Å². The highest BCUT2D eigenvalue weighted by Gasteiger charge is 2.01. The average Bonchev–Trinajstić information content (AvgIpc) is 2.30. The molecule has 0 atom stereocenters. The summed E-state index contributed by atoms with van der Waals surface area (Å²) in [6.45, 7) is 2.80. The van der Waals surface area contributed by atoms with Gasteiger partial charge in [0.15, 0.2) is 0 Å². The molecule has 17 heavy (non-hydrogen) atoms. The lowest BCUT2D eigenvalue weighted by atomic mass is 10.1. The maximum atomic E-state index is 5.92. The number of hydrogen-bond acceptors (Lipinski definition) is 3. The molecule has 0 spiro atoms. The Morgan fingerprint density at radius 1 is 1.35 bits per heavy atom. The van der Waals surface area contributed by atoms with Gasteiger partial charge in [-0.2, -0.15) is 0 Å². The molecule has 0 fully saturated rings. The van der Waals surface area contributed by atoms with E-state index in [1.807, 2.05) is 30.5 Å². The molecule has 2 aromatic rings. The van der Waals surface area contributed by atoms with Gasteiger partial charge in [0.1, 0.15) is 0 Å². The van der Waals surface area contributed by atoms with Gasteiger partial charge in [0.05, 0.1) is 11.4 Å². The van der Waals surface area contributed by atoms with Gasteiger partial charge in [0, 0.05) is 23.4 Å². The summed E-state index contributed by atoms with van der Waals surface area (Å²) in [7, 11) is 0. The van der Waals surface area contributed by atoms with E-state index in [1.165, 1.54) is 11.1 Å². The highest BCUT2D eigenvalue weighted by atomic mass is 79.9. The van der Waals surface area contributed by atoms with Gasteiger partial charge in [0.25, 0.3) is 0 Å². The molecule has 1 aromatic heterocycles. The Morgan fingerprint density at radius 3 is 2.88 bits per heavy atom. The van der Waals surface area contributed by atoms with Crippen molar-refractivity contribution in [2.75, 3.05) is 11.1 Å². The highest BCUT2D eigenvalue weighted by Crippen LogP contribution is 2.23. The summed E-state index contributed by atoms with van der Waals surface area (Å²) in [5.74, 6) is 0. The van der Waals surface area contributed by atoms with E-state index in [0.29, 0.717) is 0 Å². The minimum Gasteiger partial charge on any atom is -0.397 e. The third-order valence-electron chi connectivity index (χ3n) is 2.62. The summed E-state index contributed by atoms with van der Waals surface area (Å²) in [4.78, 5) is 4.07. The molecule has 0 saturated heterocycles. The number of benzene rings is 1. The normalized spacial score (nSPS) is 10.2. The van der Waals surface area contributed by atoms with Crippen molar-refractivity contribution in [3.8, 4) is 0 Å². The van der Waals surface area contributed by atoms with E-state index in [9.17, 15) is 0 Å². The van der Waals surface area contributed by atoms with E-state index in [4.69, 9.17) is 5.73 Å². The summed E-state index contributed by atoms with van der Waals surface area (Å²) >= 11 is 3.39. The van der Waals surface area contributed by atoms with Crippen molar-refractivity contribution in [1.29, 1.82) is 0 Å². The molecule has 0 amide bonds. The first-order valence-electron chi connectivity index (χ1n) is 5.35. The second-order valence-corrected chi connectivity index (χ2v) is 4.80. The smallest absolute Gasteiger partial charge is 0.0577 e. The van der Waals surface area contributed by atoms with Crippen LogP contribution in [0.2, 0.25) is 0 Å². The second kappa shape index (κ2) is 5.19. The minimum absolute atomic E-state index is 0.742. The number of anilines is 2. The van der Waals surface area contributed by atoms with E-state index in [2.05, 4.69) is 33.2 Å². The quantitative estimate of drug-likeness (QED) is 0.853. The lowest BCUT2D eigenvalue weighted by molar-refractivity contribution is 1.09. The highest BCUT2D eigenvalue weighted by molar-refractivity contribution is 9.10. The zero-order valence-electron chi connectivity index (χ0n) is 9.57. The molecule has 88 valence electrons. The first kappa shape index (κ1) is 11.9. The van der Waals surface area contributed by atoms with Gasteiger partial charge in [-0.05, 0) is 42.3 Å². The van der Waals surface area contributed by atoms with E-state index >= 15 is 0 Å². The summed E-state index contributed by atoms with van der Waals surface area (Å²) < 4.78 is 0.987. The van der Waals surface area contributed by atoms with Gasteiger partial charge in [0.2, 0.25) is 0 Å². The zero-order chi connectivity index (χ0) is 12.3. The van der Waals surface area contributed by atoms with Crippen LogP contribution >= 0.6 is 15.9 Å². The molecule has 4 heteroatoms. The molecule has 1 heterocycles. The van der Waals surface area contributed by atoms with Crippen LogP contribution in [0, 0.1) is 6.92 Å². The Labute approximate surface area is 109 Å². The summed E-state index contributed by atoms with van der Waals surface area (Å²) in [5, 5.41) is 3.32. The lowest BCUT2D eigenvalue weighted by Gasteiger charge is -2.11. The van der Waals surface area contributed by atoms with Crippen LogP contribution in [-0.4, -0.2) is 4.98 Å². The number of nitrogens with zero attached hydrogens (tertiary/aromatic N) is 1. The van der Waals surface area contributed by atoms with Crippen LogP contribution in [0.1, 0.15) is 11.1 Å². The Balaban J connectivity index is 2.10. The molecule has 0 aliphatic heterocycles. The van der Waals surface area contributed by atoms with Crippen LogP contribution in [0.4, 0.5) is 11.4 Å². The fraction of sp³-hybridized carbons (Fsp3) is 0.154. The number of aryl methyl sites for hydroxylation is 1. The molecule has 0 radical (unpaired) electrons. The Hall–Kier alpha value is -1.55. The van der Waals surface area contributed by atoms with Crippen molar-refractivity contribution in [3.63, 3.8) is 0 Å². The van der Waals surface area contributed by atoms with Gasteiger partial charge in [-0.3, -0.25) is 4.98 Å². The fourth-order valence-electron chi connectivity index (χ4n) is 1.59. The van der Waals surface area contributed by atoms with Crippen LogP contribution in [-0.2, 0) is 6.54 Å². The van der Waals surface area contributed by atoms with Crippen LogP contribution < -0.4 is 11.1 Å². The number of hydrogen-bond donors (Lipinski definition) is 2. The van der Waals surface area contributed by atoms with Gasteiger partial charge in [-0.15, -0.1) is 0 Å². The van der Waals surface area contributed by atoms with Gasteiger partial charge in [-0.1, -0.05) is 15.9 Å². The second-order valence-electron chi connectivity index (χ2n) is 3.89.